The van der Waals surface area contributed by atoms with Crippen LogP contribution in [0.5, 0.6) is 0 Å². The van der Waals surface area contributed by atoms with Gasteiger partial charge in [0.1, 0.15) is 5.56 Å². The first-order valence-electron chi connectivity index (χ1n) is 13.1. The maximum absolute atomic E-state index is 13.5. The summed E-state index contributed by atoms with van der Waals surface area (Å²) in [5.74, 6) is -0.232. The molecule has 1 aromatic carbocycles. The van der Waals surface area contributed by atoms with Gasteiger partial charge in [-0.25, -0.2) is 17.9 Å². The number of methoxy groups -OCH3 is 1. The zero-order valence-electron chi connectivity index (χ0n) is 21.8. The zero-order valence-corrected chi connectivity index (χ0v) is 22.6. The number of sulfonamides is 1. The van der Waals surface area contributed by atoms with Crippen molar-refractivity contribution in [2.24, 2.45) is 5.92 Å². The van der Waals surface area contributed by atoms with E-state index in [1.807, 2.05) is 17.9 Å². The molecule has 13 heteroatoms. The number of hydrogen-bond donors (Lipinski definition) is 3. The van der Waals surface area contributed by atoms with Crippen LogP contribution in [-0.4, -0.2) is 71.3 Å². The molecule has 12 nitrogen and oxygen atoms in total. The van der Waals surface area contributed by atoms with E-state index >= 15 is 0 Å². The van der Waals surface area contributed by atoms with Crippen LogP contribution in [0.15, 0.2) is 24.4 Å². The van der Waals surface area contributed by atoms with Crippen LogP contribution < -0.4 is 15.8 Å². The molecular formula is C26H31N7O5S. The molecule has 4 N–H and O–H groups in total. The number of aromatic nitrogens is 3. The number of benzene rings is 1. The number of nitrogens with two attached hydrogens (primary N) is 1. The highest BCUT2D eigenvalue weighted by atomic mass is 32.2. The van der Waals surface area contributed by atoms with Crippen LogP contribution in [0.4, 0.5) is 11.5 Å². The molecular weight excluding hydrogens is 522 g/mol. The molecule has 206 valence electrons. The minimum absolute atomic E-state index is 0.0164. The van der Waals surface area contributed by atoms with Crippen LogP contribution in [0.1, 0.15) is 58.9 Å². The van der Waals surface area contributed by atoms with Crippen molar-refractivity contribution in [2.75, 3.05) is 29.9 Å². The minimum Gasteiger partial charge on any atom is -0.384 e. The molecule has 0 radical (unpaired) electrons. The Labute approximate surface area is 226 Å². The van der Waals surface area contributed by atoms with Crippen LogP contribution in [0, 0.1) is 5.92 Å². The molecule has 39 heavy (non-hydrogen) atoms. The molecule has 3 aliphatic rings. The quantitative estimate of drug-likeness (QED) is 0.344. The SMILES string of the molecule is COCCS(=O)(=O)Nc1cc(-c2ccn3nc(N)c(C(=O)NC4CC4)c3n2)cc2c1C(=O)N([C@@H](C)C1CC1)C2. The second kappa shape index (κ2) is 9.49. The third-order valence-electron chi connectivity index (χ3n) is 7.60. The van der Waals surface area contributed by atoms with Crippen LogP contribution in [0.25, 0.3) is 16.9 Å². The smallest absolute Gasteiger partial charge is 0.259 e. The van der Waals surface area contributed by atoms with Gasteiger partial charge in [-0.1, -0.05) is 0 Å². The Hall–Kier alpha value is -3.71. The number of nitrogens with one attached hydrogen (secondary N) is 2. The molecule has 3 aromatic rings. The van der Waals surface area contributed by atoms with E-state index in [1.165, 1.54) is 11.6 Å². The van der Waals surface area contributed by atoms with Gasteiger partial charge in [-0.15, -0.1) is 5.10 Å². The number of carbonyl (C=O) groups is 2. The summed E-state index contributed by atoms with van der Waals surface area (Å²) in [7, 11) is -2.36. The molecule has 0 bridgehead atoms. The molecule has 0 spiro atoms. The first kappa shape index (κ1) is 25.6. The standard InChI is InChI=1S/C26H31N7O5S/c1-14(15-3-4-15)32-13-17-11-16(12-20(21(17)26(32)35)31-39(36,37)10-9-38-2)19-7-8-33-24(29-19)22(23(27)30-33)25(34)28-18-5-6-18/h7-8,11-12,14-15,18,31H,3-6,9-10,13H2,1-2H3,(H2,27,30)(H,28,34)/t14-/m0/s1. The maximum atomic E-state index is 13.5. The van der Waals surface area contributed by atoms with Crippen LogP contribution in [0.3, 0.4) is 0 Å². The minimum atomic E-state index is -3.79. The number of carbonyl (C=O) groups excluding carboxylic acids is 2. The predicted octanol–water partition coefficient (Wildman–Crippen LogP) is 2.01. The monoisotopic (exact) mass is 553 g/mol. The lowest BCUT2D eigenvalue weighted by Gasteiger charge is -2.24. The molecule has 3 heterocycles. The number of nitrogens with zero attached hydrogens (tertiary/aromatic N) is 4. The van der Waals surface area contributed by atoms with E-state index < -0.39 is 10.0 Å². The van der Waals surface area contributed by atoms with Crippen molar-refractivity contribution in [2.45, 2.75) is 51.2 Å². The van der Waals surface area contributed by atoms with Crippen molar-refractivity contribution in [3.05, 3.63) is 41.1 Å². The normalized spacial score (nSPS) is 17.9. The van der Waals surface area contributed by atoms with Crippen LogP contribution >= 0.6 is 0 Å². The van der Waals surface area contributed by atoms with Crippen molar-refractivity contribution in [1.29, 1.82) is 0 Å². The van der Waals surface area contributed by atoms with E-state index in [2.05, 4.69) is 15.1 Å². The van der Waals surface area contributed by atoms with Gasteiger partial charge in [-0.05, 0) is 62.3 Å². The first-order chi connectivity index (χ1) is 18.6. The van der Waals surface area contributed by atoms with Gasteiger partial charge in [0.2, 0.25) is 10.0 Å². The third kappa shape index (κ3) is 4.91. The van der Waals surface area contributed by atoms with Crippen molar-refractivity contribution in [3.8, 4) is 11.3 Å². The fourth-order valence-corrected chi connectivity index (χ4v) is 6.07. The van der Waals surface area contributed by atoms with E-state index in [0.717, 1.165) is 31.2 Å². The summed E-state index contributed by atoms with van der Waals surface area (Å²) < 4.78 is 34.7. The average Bonchev–Trinajstić information content (AvgIpc) is 3.82. The second-order valence-electron chi connectivity index (χ2n) is 10.6. The molecule has 6 rings (SSSR count). The summed E-state index contributed by atoms with van der Waals surface area (Å²) in [4.78, 5) is 32.9. The molecule has 1 atom stereocenters. The first-order valence-corrected chi connectivity index (χ1v) is 14.7. The second-order valence-corrected chi connectivity index (χ2v) is 12.4. The molecule has 2 saturated carbocycles. The Morgan fingerprint density at radius 1 is 1.26 bits per heavy atom. The molecule has 2 aromatic heterocycles. The van der Waals surface area contributed by atoms with E-state index in [4.69, 9.17) is 15.5 Å². The van der Waals surface area contributed by atoms with Gasteiger partial charge < -0.3 is 20.7 Å². The summed E-state index contributed by atoms with van der Waals surface area (Å²) in [6, 6.07) is 5.40. The number of ether oxygens (including phenoxy) is 1. The predicted molar refractivity (Wildman–Crippen MR) is 145 cm³/mol. The number of nitrogen functional groups attached to an aromatic ring is 1. The molecule has 2 fully saturated rings. The molecule has 0 unspecified atom stereocenters. The lowest BCUT2D eigenvalue weighted by molar-refractivity contribution is 0.0698. The lowest BCUT2D eigenvalue weighted by Crippen LogP contribution is -2.35. The van der Waals surface area contributed by atoms with Gasteiger partial charge in [0.15, 0.2) is 11.5 Å². The summed E-state index contributed by atoms with van der Waals surface area (Å²) in [5, 5.41) is 7.15. The molecule has 1 aliphatic heterocycles. The van der Waals surface area contributed by atoms with E-state index in [0.29, 0.717) is 34.9 Å². The third-order valence-corrected chi connectivity index (χ3v) is 8.84. The highest BCUT2D eigenvalue weighted by molar-refractivity contribution is 7.92. The van der Waals surface area contributed by atoms with Crippen molar-refractivity contribution in [3.63, 3.8) is 0 Å². The number of amides is 2. The zero-order chi connectivity index (χ0) is 27.5. The molecule has 2 amide bonds. The Morgan fingerprint density at radius 3 is 2.72 bits per heavy atom. The van der Waals surface area contributed by atoms with Crippen molar-refractivity contribution in [1.82, 2.24) is 24.8 Å². The fourth-order valence-electron chi connectivity index (χ4n) is 5.09. The van der Waals surface area contributed by atoms with E-state index in [1.54, 1.807) is 18.3 Å². The van der Waals surface area contributed by atoms with Crippen molar-refractivity contribution < 1.29 is 22.7 Å². The van der Waals surface area contributed by atoms with E-state index in [9.17, 15) is 18.0 Å². The van der Waals surface area contributed by atoms with Gasteiger partial charge in [0.25, 0.3) is 11.8 Å². The van der Waals surface area contributed by atoms with E-state index in [-0.39, 0.29) is 53.3 Å². The topological polar surface area (TPSA) is 161 Å². The Kier molecular flexibility index (Phi) is 6.22. The van der Waals surface area contributed by atoms with Gasteiger partial charge >= 0.3 is 0 Å². The fraction of sp³-hybridized carbons (Fsp3) is 0.462. The van der Waals surface area contributed by atoms with Gasteiger partial charge in [-0.2, -0.15) is 0 Å². The number of hydrogen-bond acceptors (Lipinski definition) is 8. The summed E-state index contributed by atoms with van der Waals surface area (Å²) in [6.45, 7) is 2.43. The molecule has 0 saturated heterocycles. The number of rotatable bonds is 10. The summed E-state index contributed by atoms with van der Waals surface area (Å²) in [6.07, 6.45) is 5.67. The number of anilines is 2. The van der Waals surface area contributed by atoms with Crippen LogP contribution in [-0.2, 0) is 21.3 Å². The van der Waals surface area contributed by atoms with Gasteiger partial charge in [0, 0.05) is 37.5 Å². The highest BCUT2D eigenvalue weighted by Crippen LogP contribution is 2.41. The Balaban J connectivity index is 1.42. The summed E-state index contributed by atoms with van der Waals surface area (Å²) >= 11 is 0. The van der Waals surface area contributed by atoms with Gasteiger partial charge in [-0.3, -0.25) is 14.3 Å². The van der Waals surface area contributed by atoms with Crippen molar-refractivity contribution >= 4 is 39.0 Å². The maximum Gasteiger partial charge on any atom is 0.259 e. The average molecular weight is 554 g/mol. The number of fused-ring (bicyclic) bond motifs is 2. The molecule has 2 aliphatic carbocycles. The Bertz CT molecular complexity index is 1590. The van der Waals surface area contributed by atoms with Gasteiger partial charge in [0.05, 0.1) is 29.3 Å². The lowest BCUT2D eigenvalue weighted by atomic mass is 10.0. The largest absolute Gasteiger partial charge is 0.384 e. The summed E-state index contributed by atoms with van der Waals surface area (Å²) in [5.41, 5.74) is 8.93. The highest BCUT2D eigenvalue weighted by Gasteiger charge is 2.40. The van der Waals surface area contributed by atoms with Crippen LogP contribution in [0.2, 0.25) is 0 Å². The Morgan fingerprint density at radius 2 is 2.03 bits per heavy atom.